The Morgan fingerprint density at radius 3 is 2.86 bits per heavy atom. The minimum Gasteiger partial charge on any atom is -0.442 e. The molecule has 0 atom stereocenters. The summed E-state index contributed by atoms with van der Waals surface area (Å²) in [6.45, 7) is 4.32. The van der Waals surface area contributed by atoms with Gasteiger partial charge in [-0.1, -0.05) is 0 Å². The number of rotatable bonds is 2. The van der Waals surface area contributed by atoms with Gasteiger partial charge in [-0.2, -0.15) is 0 Å². The second kappa shape index (κ2) is 3.51. The van der Waals surface area contributed by atoms with E-state index in [4.69, 9.17) is 10.2 Å². The lowest BCUT2D eigenvalue weighted by Gasteiger charge is -1.94. The standard InChI is InChI=1S/C9H11N3OS/c1-5-9(14-6(2)12-5)8-7(3-10)11-4-13-8/h4H,3,10H2,1-2H3. The fourth-order valence-corrected chi connectivity index (χ4v) is 2.27. The fourth-order valence-electron chi connectivity index (χ4n) is 1.34. The van der Waals surface area contributed by atoms with Crippen LogP contribution >= 0.6 is 11.3 Å². The van der Waals surface area contributed by atoms with Gasteiger partial charge in [-0.3, -0.25) is 0 Å². The predicted molar refractivity (Wildman–Crippen MR) is 55.0 cm³/mol. The Kier molecular flexibility index (Phi) is 2.35. The first-order valence-electron chi connectivity index (χ1n) is 4.29. The molecule has 0 aromatic carbocycles. The second-order valence-electron chi connectivity index (χ2n) is 2.98. The summed E-state index contributed by atoms with van der Waals surface area (Å²) >= 11 is 1.60. The zero-order chi connectivity index (χ0) is 10.1. The van der Waals surface area contributed by atoms with Gasteiger partial charge in [-0.15, -0.1) is 11.3 Å². The SMILES string of the molecule is Cc1nc(C)c(-c2ocnc2CN)s1. The molecule has 0 saturated heterocycles. The van der Waals surface area contributed by atoms with Crippen LogP contribution in [-0.4, -0.2) is 9.97 Å². The number of aryl methyl sites for hydroxylation is 2. The molecule has 4 nitrogen and oxygen atoms in total. The summed E-state index contributed by atoms with van der Waals surface area (Å²) in [4.78, 5) is 9.41. The summed E-state index contributed by atoms with van der Waals surface area (Å²) in [5.41, 5.74) is 7.31. The van der Waals surface area contributed by atoms with E-state index in [1.807, 2.05) is 13.8 Å². The molecule has 0 aliphatic rings. The maximum Gasteiger partial charge on any atom is 0.181 e. The summed E-state index contributed by atoms with van der Waals surface area (Å²) in [6.07, 6.45) is 1.42. The van der Waals surface area contributed by atoms with Gasteiger partial charge in [0.2, 0.25) is 0 Å². The number of oxazole rings is 1. The highest BCUT2D eigenvalue weighted by atomic mass is 32.1. The van der Waals surface area contributed by atoms with E-state index in [0.29, 0.717) is 6.54 Å². The third kappa shape index (κ3) is 1.44. The average Bonchev–Trinajstić information content (AvgIpc) is 2.71. The van der Waals surface area contributed by atoms with Crippen LogP contribution in [0.3, 0.4) is 0 Å². The lowest BCUT2D eigenvalue weighted by molar-refractivity contribution is 0.571. The number of aromatic nitrogens is 2. The molecule has 0 amide bonds. The first-order chi connectivity index (χ1) is 6.72. The minimum atomic E-state index is 0.391. The van der Waals surface area contributed by atoms with E-state index in [2.05, 4.69) is 9.97 Å². The normalized spacial score (nSPS) is 10.8. The Hall–Kier alpha value is -1.20. The van der Waals surface area contributed by atoms with Crippen LogP contribution in [0.4, 0.5) is 0 Å². The van der Waals surface area contributed by atoms with Crippen molar-refractivity contribution in [1.82, 2.24) is 9.97 Å². The van der Waals surface area contributed by atoms with Crippen LogP contribution in [0.5, 0.6) is 0 Å². The molecule has 14 heavy (non-hydrogen) atoms. The summed E-state index contributed by atoms with van der Waals surface area (Å²) in [5, 5.41) is 1.02. The summed E-state index contributed by atoms with van der Waals surface area (Å²) in [6, 6.07) is 0. The van der Waals surface area contributed by atoms with Gasteiger partial charge in [0.25, 0.3) is 0 Å². The van der Waals surface area contributed by atoms with Gasteiger partial charge < -0.3 is 10.2 Å². The third-order valence-electron chi connectivity index (χ3n) is 1.94. The number of nitrogens with zero attached hydrogens (tertiary/aromatic N) is 2. The van der Waals surface area contributed by atoms with Gasteiger partial charge in [0.15, 0.2) is 12.2 Å². The van der Waals surface area contributed by atoms with Crippen molar-refractivity contribution in [3.63, 3.8) is 0 Å². The van der Waals surface area contributed by atoms with E-state index in [-0.39, 0.29) is 0 Å². The van der Waals surface area contributed by atoms with E-state index < -0.39 is 0 Å². The minimum absolute atomic E-state index is 0.391. The number of hydrogen-bond donors (Lipinski definition) is 1. The van der Waals surface area contributed by atoms with Gasteiger partial charge in [-0.25, -0.2) is 9.97 Å². The predicted octanol–water partition coefficient (Wildman–Crippen LogP) is 1.87. The first kappa shape index (κ1) is 9.36. The van der Waals surface area contributed by atoms with Crippen molar-refractivity contribution in [2.75, 3.05) is 0 Å². The average molecular weight is 209 g/mol. The van der Waals surface area contributed by atoms with Crippen molar-refractivity contribution in [3.8, 4) is 10.6 Å². The molecule has 2 heterocycles. The molecule has 0 fully saturated rings. The van der Waals surface area contributed by atoms with E-state index >= 15 is 0 Å². The second-order valence-corrected chi connectivity index (χ2v) is 4.18. The van der Waals surface area contributed by atoms with Gasteiger partial charge in [0.05, 0.1) is 15.6 Å². The highest BCUT2D eigenvalue weighted by Crippen LogP contribution is 2.31. The molecule has 0 bridgehead atoms. The maximum absolute atomic E-state index is 5.55. The van der Waals surface area contributed by atoms with E-state index in [9.17, 15) is 0 Å². The van der Waals surface area contributed by atoms with E-state index in [0.717, 1.165) is 27.0 Å². The Labute approximate surface area is 85.8 Å². The van der Waals surface area contributed by atoms with Crippen molar-refractivity contribution in [2.45, 2.75) is 20.4 Å². The highest BCUT2D eigenvalue weighted by Gasteiger charge is 2.15. The van der Waals surface area contributed by atoms with E-state index in [1.165, 1.54) is 6.39 Å². The molecule has 0 radical (unpaired) electrons. The van der Waals surface area contributed by atoms with Crippen LogP contribution < -0.4 is 5.73 Å². The van der Waals surface area contributed by atoms with Crippen molar-refractivity contribution in [1.29, 1.82) is 0 Å². The molecular weight excluding hydrogens is 198 g/mol. The smallest absolute Gasteiger partial charge is 0.181 e. The van der Waals surface area contributed by atoms with E-state index in [1.54, 1.807) is 11.3 Å². The number of thiazole rings is 1. The van der Waals surface area contributed by atoms with Crippen LogP contribution in [0.15, 0.2) is 10.8 Å². The molecule has 2 aromatic rings. The summed E-state index contributed by atoms with van der Waals surface area (Å²) in [5.74, 6) is 0.760. The van der Waals surface area contributed by atoms with Gasteiger partial charge in [0, 0.05) is 6.54 Å². The molecule has 0 spiro atoms. The molecule has 0 aliphatic carbocycles. The maximum atomic E-state index is 5.55. The van der Waals surface area contributed by atoms with Crippen LogP contribution in [-0.2, 0) is 6.54 Å². The molecule has 0 aliphatic heterocycles. The highest BCUT2D eigenvalue weighted by molar-refractivity contribution is 7.15. The topological polar surface area (TPSA) is 64.9 Å². The zero-order valence-electron chi connectivity index (χ0n) is 8.07. The quantitative estimate of drug-likeness (QED) is 0.820. The Balaban J connectivity index is 2.53. The van der Waals surface area contributed by atoms with Gasteiger partial charge >= 0.3 is 0 Å². The molecule has 0 saturated carbocycles. The molecule has 0 unspecified atom stereocenters. The van der Waals surface area contributed by atoms with Crippen molar-refractivity contribution >= 4 is 11.3 Å². The van der Waals surface area contributed by atoms with Crippen LogP contribution in [0.2, 0.25) is 0 Å². The third-order valence-corrected chi connectivity index (χ3v) is 3.02. The molecule has 2 aromatic heterocycles. The van der Waals surface area contributed by atoms with Crippen molar-refractivity contribution in [2.24, 2.45) is 5.73 Å². The van der Waals surface area contributed by atoms with Crippen molar-refractivity contribution < 1.29 is 4.42 Å². The largest absolute Gasteiger partial charge is 0.442 e. The van der Waals surface area contributed by atoms with Gasteiger partial charge in [0.1, 0.15) is 5.69 Å². The van der Waals surface area contributed by atoms with Crippen LogP contribution in [0.1, 0.15) is 16.4 Å². The first-order valence-corrected chi connectivity index (χ1v) is 5.11. The van der Waals surface area contributed by atoms with Crippen LogP contribution in [0.25, 0.3) is 10.6 Å². The molecule has 2 N–H and O–H groups in total. The Morgan fingerprint density at radius 1 is 1.50 bits per heavy atom. The van der Waals surface area contributed by atoms with Crippen molar-refractivity contribution in [3.05, 3.63) is 22.8 Å². The monoisotopic (exact) mass is 209 g/mol. The molecule has 5 heteroatoms. The molecule has 2 rings (SSSR count). The lowest BCUT2D eigenvalue weighted by Crippen LogP contribution is -1.97. The molecular formula is C9H11N3OS. The Bertz CT molecular complexity index is 447. The van der Waals surface area contributed by atoms with Gasteiger partial charge in [-0.05, 0) is 13.8 Å². The molecule has 74 valence electrons. The summed E-state index contributed by atoms with van der Waals surface area (Å²) in [7, 11) is 0. The fraction of sp³-hybridized carbons (Fsp3) is 0.333. The number of nitrogens with two attached hydrogens (primary N) is 1. The summed E-state index contributed by atoms with van der Waals surface area (Å²) < 4.78 is 5.32. The number of hydrogen-bond acceptors (Lipinski definition) is 5. The van der Waals surface area contributed by atoms with Crippen LogP contribution in [0, 0.1) is 13.8 Å². The lowest BCUT2D eigenvalue weighted by atomic mass is 10.2. The Morgan fingerprint density at radius 2 is 2.29 bits per heavy atom. The zero-order valence-corrected chi connectivity index (χ0v) is 8.89.